The molecule has 3 aliphatic carbocycles. The molecule has 3 aliphatic rings. The number of ether oxygens (including phenoxy) is 1. The van der Waals surface area contributed by atoms with Gasteiger partial charge < -0.3 is 15.6 Å². The van der Waals surface area contributed by atoms with Crippen LogP contribution < -0.4 is 10.5 Å². The van der Waals surface area contributed by atoms with E-state index in [0.717, 1.165) is 38.5 Å². The van der Waals surface area contributed by atoms with Crippen molar-refractivity contribution in [2.75, 3.05) is 12.3 Å². The van der Waals surface area contributed by atoms with Crippen LogP contribution in [0.3, 0.4) is 0 Å². The van der Waals surface area contributed by atoms with E-state index in [1.807, 2.05) is 0 Å². The maximum absolute atomic E-state index is 10.1. The summed E-state index contributed by atoms with van der Waals surface area (Å²) in [5.41, 5.74) is 5.37. The molecule has 94 valence electrons. The Morgan fingerprint density at radius 2 is 1.82 bits per heavy atom. The van der Waals surface area contributed by atoms with E-state index in [2.05, 4.69) is 10.2 Å². The zero-order valence-electron chi connectivity index (χ0n) is 9.69. The fourth-order valence-corrected chi connectivity index (χ4v) is 3.41. The SMILES string of the molecule is Nc1nnc(OCC23CCC(O)(CC2)CC3)s1. The van der Waals surface area contributed by atoms with Crippen LogP contribution in [0.25, 0.3) is 0 Å². The summed E-state index contributed by atoms with van der Waals surface area (Å²) in [5.74, 6) is 0. The van der Waals surface area contributed by atoms with Crippen LogP contribution in [0.5, 0.6) is 5.19 Å². The zero-order valence-corrected chi connectivity index (χ0v) is 10.5. The maximum Gasteiger partial charge on any atom is 0.295 e. The molecule has 4 rings (SSSR count). The Kier molecular flexibility index (Phi) is 2.52. The van der Waals surface area contributed by atoms with Crippen LogP contribution >= 0.6 is 11.3 Å². The number of nitrogens with zero attached hydrogens (tertiary/aromatic N) is 2. The molecule has 1 aromatic rings. The van der Waals surface area contributed by atoms with Crippen molar-refractivity contribution in [1.29, 1.82) is 0 Å². The molecule has 0 amide bonds. The number of aliphatic hydroxyl groups is 1. The van der Waals surface area contributed by atoms with Crippen LogP contribution in [-0.4, -0.2) is 27.5 Å². The van der Waals surface area contributed by atoms with Crippen molar-refractivity contribution in [3.8, 4) is 5.19 Å². The minimum Gasteiger partial charge on any atom is -0.468 e. The van der Waals surface area contributed by atoms with Gasteiger partial charge in [0.15, 0.2) is 0 Å². The number of nitrogens with two attached hydrogens (primary N) is 1. The van der Waals surface area contributed by atoms with Crippen molar-refractivity contribution < 1.29 is 9.84 Å². The van der Waals surface area contributed by atoms with E-state index in [9.17, 15) is 5.11 Å². The molecule has 6 heteroatoms. The van der Waals surface area contributed by atoms with Crippen LogP contribution in [0.1, 0.15) is 38.5 Å². The molecule has 0 radical (unpaired) electrons. The average molecular weight is 255 g/mol. The van der Waals surface area contributed by atoms with E-state index in [4.69, 9.17) is 10.5 Å². The Morgan fingerprint density at radius 1 is 1.18 bits per heavy atom. The molecule has 0 unspecified atom stereocenters. The molecule has 5 nitrogen and oxygen atoms in total. The fraction of sp³-hybridized carbons (Fsp3) is 0.818. The second kappa shape index (κ2) is 3.81. The first-order valence-electron chi connectivity index (χ1n) is 6.04. The van der Waals surface area contributed by atoms with Crippen LogP contribution in [0.15, 0.2) is 0 Å². The molecule has 0 atom stereocenters. The van der Waals surface area contributed by atoms with Gasteiger partial charge in [-0.15, -0.1) is 5.10 Å². The smallest absolute Gasteiger partial charge is 0.295 e. The van der Waals surface area contributed by atoms with Gasteiger partial charge in [0.25, 0.3) is 5.19 Å². The maximum atomic E-state index is 10.1. The summed E-state index contributed by atoms with van der Waals surface area (Å²) in [7, 11) is 0. The highest BCUT2D eigenvalue weighted by Crippen LogP contribution is 2.52. The third-order valence-electron chi connectivity index (χ3n) is 4.29. The van der Waals surface area contributed by atoms with Gasteiger partial charge in [0.1, 0.15) is 0 Å². The molecule has 3 fully saturated rings. The van der Waals surface area contributed by atoms with E-state index >= 15 is 0 Å². The van der Waals surface area contributed by atoms with E-state index in [1.54, 1.807) is 0 Å². The van der Waals surface area contributed by atoms with E-state index in [0.29, 0.717) is 16.9 Å². The van der Waals surface area contributed by atoms with Crippen LogP contribution in [0, 0.1) is 5.41 Å². The Balaban J connectivity index is 1.62. The topological polar surface area (TPSA) is 81.3 Å². The van der Waals surface area contributed by atoms with E-state index in [1.165, 1.54) is 11.3 Å². The Bertz CT molecular complexity index is 396. The van der Waals surface area contributed by atoms with Gasteiger partial charge in [0, 0.05) is 5.41 Å². The lowest BCUT2D eigenvalue weighted by Crippen LogP contribution is -2.48. The monoisotopic (exact) mass is 255 g/mol. The molecule has 1 heterocycles. The average Bonchev–Trinajstić information content (AvgIpc) is 2.75. The highest BCUT2D eigenvalue weighted by Gasteiger charge is 2.48. The summed E-state index contributed by atoms with van der Waals surface area (Å²) in [6.45, 7) is 0.678. The molecule has 1 aromatic heterocycles. The van der Waals surface area contributed by atoms with Gasteiger partial charge in [0.05, 0.1) is 12.2 Å². The van der Waals surface area contributed by atoms with Gasteiger partial charge >= 0.3 is 0 Å². The van der Waals surface area contributed by atoms with Gasteiger partial charge in [-0.3, -0.25) is 0 Å². The number of nitrogen functional groups attached to an aromatic ring is 1. The third kappa shape index (κ3) is 2.11. The highest BCUT2D eigenvalue weighted by molar-refractivity contribution is 7.16. The summed E-state index contributed by atoms with van der Waals surface area (Å²) in [5, 5.41) is 18.7. The van der Waals surface area contributed by atoms with Crippen molar-refractivity contribution in [3.63, 3.8) is 0 Å². The number of aromatic nitrogens is 2. The normalized spacial score (nSPS) is 36.1. The summed E-state index contributed by atoms with van der Waals surface area (Å²) < 4.78 is 5.70. The molecule has 2 bridgehead atoms. The van der Waals surface area contributed by atoms with E-state index in [-0.39, 0.29) is 11.0 Å². The first kappa shape index (κ1) is 11.2. The highest BCUT2D eigenvalue weighted by atomic mass is 32.1. The molecule has 0 aromatic carbocycles. The second-order valence-electron chi connectivity index (χ2n) is 5.42. The molecular formula is C11H17N3O2S. The summed E-state index contributed by atoms with van der Waals surface area (Å²) >= 11 is 1.28. The second-order valence-corrected chi connectivity index (χ2v) is 6.39. The summed E-state index contributed by atoms with van der Waals surface area (Å²) in [4.78, 5) is 0. The lowest BCUT2D eigenvalue weighted by atomic mass is 9.59. The number of rotatable bonds is 3. The lowest BCUT2D eigenvalue weighted by Gasteiger charge is -2.50. The zero-order chi connectivity index (χ0) is 11.9. The largest absolute Gasteiger partial charge is 0.468 e. The number of anilines is 1. The van der Waals surface area contributed by atoms with Gasteiger partial charge in [-0.1, -0.05) is 5.10 Å². The van der Waals surface area contributed by atoms with Gasteiger partial charge in [-0.25, -0.2) is 0 Å². The van der Waals surface area contributed by atoms with Crippen LogP contribution in [-0.2, 0) is 0 Å². The molecule has 3 N–H and O–H groups in total. The Morgan fingerprint density at radius 3 is 2.35 bits per heavy atom. The van der Waals surface area contributed by atoms with Crippen molar-refractivity contribution in [3.05, 3.63) is 0 Å². The Hall–Kier alpha value is -0.880. The van der Waals surface area contributed by atoms with Crippen molar-refractivity contribution in [1.82, 2.24) is 10.2 Å². The number of hydrogen-bond acceptors (Lipinski definition) is 6. The molecular weight excluding hydrogens is 238 g/mol. The first-order chi connectivity index (χ1) is 8.09. The fourth-order valence-electron chi connectivity index (χ4n) is 2.95. The standard InChI is InChI=1S/C11H17N3O2S/c12-8-13-14-9(17-8)16-7-10-1-4-11(15,5-2-10)6-3-10/h15H,1-7H2,(H2,12,13). The summed E-state index contributed by atoms with van der Waals surface area (Å²) in [6.07, 6.45) is 5.89. The first-order valence-corrected chi connectivity index (χ1v) is 6.85. The van der Waals surface area contributed by atoms with Crippen molar-refractivity contribution in [2.24, 2.45) is 5.41 Å². The molecule has 0 saturated heterocycles. The number of hydrogen-bond donors (Lipinski definition) is 2. The molecule has 17 heavy (non-hydrogen) atoms. The minimum absolute atomic E-state index is 0.241. The summed E-state index contributed by atoms with van der Waals surface area (Å²) in [6, 6.07) is 0. The lowest BCUT2D eigenvalue weighted by molar-refractivity contribution is -0.103. The predicted molar refractivity (Wildman–Crippen MR) is 64.9 cm³/mol. The minimum atomic E-state index is -0.380. The molecule has 0 spiro atoms. The van der Waals surface area contributed by atoms with Gasteiger partial charge in [0.2, 0.25) is 5.13 Å². The molecule has 0 aliphatic heterocycles. The number of fused-ring (bicyclic) bond motifs is 3. The van der Waals surface area contributed by atoms with E-state index < -0.39 is 0 Å². The third-order valence-corrected chi connectivity index (χ3v) is 4.95. The molecule has 3 saturated carbocycles. The quantitative estimate of drug-likeness (QED) is 0.857. The van der Waals surface area contributed by atoms with Gasteiger partial charge in [-0.05, 0) is 49.9 Å². The Labute approximate surface area is 104 Å². The van der Waals surface area contributed by atoms with Crippen LogP contribution in [0.4, 0.5) is 5.13 Å². The predicted octanol–water partition coefficient (Wildman–Crippen LogP) is 1.58. The van der Waals surface area contributed by atoms with Crippen molar-refractivity contribution >= 4 is 16.5 Å². The van der Waals surface area contributed by atoms with Crippen molar-refractivity contribution in [2.45, 2.75) is 44.1 Å². The van der Waals surface area contributed by atoms with Crippen LogP contribution in [0.2, 0.25) is 0 Å². The van der Waals surface area contributed by atoms with Gasteiger partial charge in [-0.2, -0.15) is 0 Å².